The van der Waals surface area contributed by atoms with E-state index in [0.717, 1.165) is 12.1 Å². The van der Waals surface area contributed by atoms with Crippen molar-refractivity contribution >= 4 is 9.84 Å². The number of para-hydroxylation sites is 1. The molecule has 0 amide bonds. The first-order valence-corrected chi connectivity index (χ1v) is 6.93. The van der Waals surface area contributed by atoms with Gasteiger partial charge in [0.2, 0.25) is 0 Å². The minimum atomic E-state index is -5.32. The maximum absolute atomic E-state index is 12.3. The molecule has 2 aromatic rings. The van der Waals surface area contributed by atoms with Crippen molar-refractivity contribution in [3.63, 3.8) is 0 Å². The lowest BCUT2D eigenvalue weighted by molar-refractivity contribution is -0.0436. The lowest BCUT2D eigenvalue weighted by Gasteiger charge is -2.09. The van der Waals surface area contributed by atoms with E-state index in [2.05, 4.69) is 0 Å². The molecular weight excluding hydrogens is 293 g/mol. The van der Waals surface area contributed by atoms with Crippen LogP contribution in [0.4, 0.5) is 13.2 Å². The summed E-state index contributed by atoms with van der Waals surface area (Å²) < 4.78 is 64.7. The van der Waals surface area contributed by atoms with Crippen molar-refractivity contribution in [3.05, 3.63) is 54.6 Å². The van der Waals surface area contributed by atoms with Crippen LogP contribution in [0.3, 0.4) is 0 Å². The molecule has 0 saturated heterocycles. The summed E-state index contributed by atoms with van der Waals surface area (Å²) in [5, 5.41) is 0. The Labute approximate surface area is 113 Å². The van der Waals surface area contributed by atoms with Crippen LogP contribution in [0.25, 0.3) is 0 Å². The Morgan fingerprint density at radius 3 is 1.80 bits per heavy atom. The predicted molar refractivity (Wildman–Crippen MR) is 66.2 cm³/mol. The molecule has 0 atom stereocenters. The number of sulfone groups is 1. The molecule has 7 heteroatoms. The Kier molecular flexibility index (Phi) is 3.71. The molecule has 2 rings (SSSR count). The summed E-state index contributed by atoms with van der Waals surface area (Å²) in [4.78, 5) is -0.814. The summed E-state index contributed by atoms with van der Waals surface area (Å²) in [5.41, 5.74) is -5.31. The molecule has 0 heterocycles. The number of benzene rings is 2. The fourth-order valence-corrected chi connectivity index (χ4v) is 2.21. The molecule has 0 bridgehead atoms. The summed E-state index contributed by atoms with van der Waals surface area (Å²) in [6, 6.07) is 12.7. The van der Waals surface area contributed by atoms with Gasteiger partial charge in [-0.3, -0.25) is 0 Å². The maximum Gasteiger partial charge on any atom is 0.501 e. The molecule has 0 aromatic heterocycles. The van der Waals surface area contributed by atoms with Gasteiger partial charge in [0.1, 0.15) is 11.5 Å². The Hall–Kier alpha value is -2.02. The molecule has 0 aliphatic rings. The van der Waals surface area contributed by atoms with Crippen LogP contribution in [0.1, 0.15) is 0 Å². The number of halogens is 3. The standard InChI is InChI=1S/C13H9F3O3S/c14-13(15,16)20(17,18)12-8-6-11(7-9-12)19-10-4-2-1-3-5-10/h1-9H. The van der Waals surface area contributed by atoms with Gasteiger partial charge in [-0.1, -0.05) is 18.2 Å². The minimum Gasteiger partial charge on any atom is -0.457 e. The third-order valence-corrected chi connectivity index (χ3v) is 3.92. The lowest BCUT2D eigenvalue weighted by Crippen LogP contribution is -2.23. The van der Waals surface area contributed by atoms with Crippen LogP contribution in [0.2, 0.25) is 0 Å². The molecule has 3 nitrogen and oxygen atoms in total. The second kappa shape index (κ2) is 5.16. The average molecular weight is 302 g/mol. The first kappa shape index (κ1) is 14.4. The van der Waals surface area contributed by atoms with Crippen molar-refractivity contribution in [3.8, 4) is 11.5 Å². The number of ether oxygens (including phenoxy) is 1. The third-order valence-electron chi connectivity index (χ3n) is 2.42. The number of rotatable bonds is 3. The van der Waals surface area contributed by atoms with Crippen molar-refractivity contribution in [2.45, 2.75) is 10.4 Å². The molecule has 0 unspecified atom stereocenters. The number of hydrogen-bond donors (Lipinski definition) is 0. The first-order valence-electron chi connectivity index (χ1n) is 5.45. The smallest absolute Gasteiger partial charge is 0.457 e. The maximum atomic E-state index is 12.3. The highest BCUT2D eigenvalue weighted by Gasteiger charge is 2.46. The van der Waals surface area contributed by atoms with E-state index in [-0.39, 0.29) is 5.75 Å². The van der Waals surface area contributed by atoms with Crippen molar-refractivity contribution in [2.24, 2.45) is 0 Å². The molecular formula is C13H9F3O3S. The van der Waals surface area contributed by atoms with Gasteiger partial charge in [0.15, 0.2) is 0 Å². The predicted octanol–water partition coefficient (Wildman–Crippen LogP) is 3.77. The molecule has 0 aliphatic carbocycles. The molecule has 0 spiro atoms. The zero-order valence-corrected chi connectivity index (χ0v) is 10.8. The summed E-state index contributed by atoms with van der Waals surface area (Å²) >= 11 is 0. The van der Waals surface area contributed by atoms with Gasteiger partial charge in [-0.15, -0.1) is 0 Å². The van der Waals surface area contributed by atoms with E-state index < -0.39 is 20.2 Å². The average Bonchev–Trinajstić information content (AvgIpc) is 2.39. The molecule has 20 heavy (non-hydrogen) atoms. The monoisotopic (exact) mass is 302 g/mol. The second-order valence-electron chi connectivity index (χ2n) is 3.84. The zero-order chi connectivity index (χ0) is 14.8. The van der Waals surface area contributed by atoms with E-state index in [4.69, 9.17) is 4.74 Å². The van der Waals surface area contributed by atoms with Crippen molar-refractivity contribution < 1.29 is 26.3 Å². The highest BCUT2D eigenvalue weighted by molar-refractivity contribution is 7.92. The summed E-state index contributed by atoms with van der Waals surface area (Å²) in [6.45, 7) is 0. The van der Waals surface area contributed by atoms with E-state index in [1.54, 1.807) is 30.3 Å². The van der Waals surface area contributed by atoms with E-state index >= 15 is 0 Å². The summed E-state index contributed by atoms with van der Waals surface area (Å²) in [5.74, 6) is 0.747. The lowest BCUT2D eigenvalue weighted by atomic mass is 10.3. The van der Waals surface area contributed by atoms with Crippen LogP contribution < -0.4 is 4.74 Å². The van der Waals surface area contributed by atoms with Crippen LogP contribution in [-0.2, 0) is 9.84 Å². The molecule has 0 N–H and O–H groups in total. The van der Waals surface area contributed by atoms with Gasteiger partial charge in [0.05, 0.1) is 4.90 Å². The zero-order valence-electron chi connectivity index (χ0n) is 9.96. The Morgan fingerprint density at radius 1 is 0.800 bits per heavy atom. The summed E-state index contributed by atoms with van der Waals surface area (Å²) in [7, 11) is -5.32. The van der Waals surface area contributed by atoms with Crippen molar-refractivity contribution in [1.29, 1.82) is 0 Å². The van der Waals surface area contributed by atoms with E-state index in [1.807, 2.05) is 0 Å². The van der Waals surface area contributed by atoms with Crippen LogP contribution in [0, 0.1) is 0 Å². The van der Waals surface area contributed by atoms with Gasteiger partial charge in [-0.25, -0.2) is 8.42 Å². The van der Waals surface area contributed by atoms with E-state index in [1.165, 1.54) is 12.1 Å². The van der Waals surface area contributed by atoms with Crippen LogP contribution >= 0.6 is 0 Å². The van der Waals surface area contributed by atoms with Crippen LogP contribution in [0.5, 0.6) is 11.5 Å². The van der Waals surface area contributed by atoms with Gasteiger partial charge in [-0.2, -0.15) is 13.2 Å². The van der Waals surface area contributed by atoms with Gasteiger partial charge >= 0.3 is 5.51 Å². The highest BCUT2D eigenvalue weighted by atomic mass is 32.2. The Morgan fingerprint density at radius 2 is 1.30 bits per heavy atom. The fourth-order valence-electron chi connectivity index (χ4n) is 1.45. The van der Waals surface area contributed by atoms with E-state index in [0.29, 0.717) is 5.75 Å². The molecule has 2 aromatic carbocycles. The SMILES string of the molecule is O=S(=O)(c1ccc(Oc2ccccc2)cc1)C(F)(F)F. The molecule has 0 radical (unpaired) electrons. The van der Waals surface area contributed by atoms with Gasteiger partial charge in [0.25, 0.3) is 9.84 Å². The van der Waals surface area contributed by atoms with Crippen molar-refractivity contribution in [2.75, 3.05) is 0 Å². The second-order valence-corrected chi connectivity index (χ2v) is 5.78. The third kappa shape index (κ3) is 2.93. The van der Waals surface area contributed by atoms with Crippen molar-refractivity contribution in [1.82, 2.24) is 0 Å². The molecule has 106 valence electrons. The minimum absolute atomic E-state index is 0.248. The largest absolute Gasteiger partial charge is 0.501 e. The molecule has 0 fully saturated rings. The number of alkyl halides is 3. The van der Waals surface area contributed by atoms with Crippen LogP contribution in [-0.4, -0.2) is 13.9 Å². The van der Waals surface area contributed by atoms with Gasteiger partial charge < -0.3 is 4.74 Å². The van der Waals surface area contributed by atoms with Gasteiger partial charge in [-0.05, 0) is 36.4 Å². The highest BCUT2D eigenvalue weighted by Crippen LogP contribution is 2.31. The van der Waals surface area contributed by atoms with Gasteiger partial charge in [0, 0.05) is 0 Å². The number of hydrogen-bond acceptors (Lipinski definition) is 3. The first-order chi connectivity index (χ1) is 9.30. The summed E-state index contributed by atoms with van der Waals surface area (Å²) in [6.07, 6.45) is 0. The topological polar surface area (TPSA) is 43.4 Å². The molecule has 0 saturated carbocycles. The van der Waals surface area contributed by atoms with E-state index in [9.17, 15) is 21.6 Å². The normalized spacial score (nSPS) is 12.2. The fraction of sp³-hybridized carbons (Fsp3) is 0.0769. The Balaban J connectivity index is 2.24. The Bertz CT molecular complexity index is 677. The quantitative estimate of drug-likeness (QED) is 0.866. The van der Waals surface area contributed by atoms with Crippen LogP contribution in [0.15, 0.2) is 59.5 Å². The molecule has 0 aliphatic heterocycles.